The lowest BCUT2D eigenvalue weighted by Gasteiger charge is -2.41. The predicted octanol–water partition coefficient (Wildman–Crippen LogP) is 13.2. The van der Waals surface area contributed by atoms with Crippen LogP contribution in [0, 0.1) is 0 Å². The zero-order valence-corrected chi connectivity index (χ0v) is 31.1. The molecule has 0 saturated heterocycles. The summed E-state index contributed by atoms with van der Waals surface area (Å²) in [7, 11) is 0. The Kier molecular flexibility index (Phi) is 6.93. The number of anilines is 3. The Bertz CT molecular complexity index is 3120. The van der Waals surface area contributed by atoms with Gasteiger partial charge in [-0.3, -0.25) is 0 Å². The Morgan fingerprint density at radius 2 is 1.05 bits per heavy atom. The molecular weight excluding hydrogens is 697 g/mol. The molecule has 2 aliphatic heterocycles. The van der Waals surface area contributed by atoms with E-state index >= 15 is 0 Å². The predicted molar refractivity (Wildman–Crippen MR) is 239 cm³/mol. The van der Waals surface area contributed by atoms with E-state index in [-0.39, 0.29) is 6.92 Å². The fraction of sp³-hybridized carbons (Fsp3) is 0. The number of thiophene rings is 1. The van der Waals surface area contributed by atoms with Crippen molar-refractivity contribution in [3.8, 4) is 50.3 Å². The van der Waals surface area contributed by atoms with Crippen molar-refractivity contribution in [2.45, 2.75) is 0 Å². The summed E-state index contributed by atoms with van der Waals surface area (Å²) in [5, 5.41) is 4.96. The summed E-state index contributed by atoms with van der Waals surface area (Å²) in [6, 6.07) is 70.8. The minimum Gasteiger partial charge on any atom is -0.551 e. The maximum atomic E-state index is 7.34. The third-order valence-corrected chi connectivity index (χ3v) is 12.8. The SMILES string of the molecule is c1ccc(-c2cc(-c3ccccc3)cc(N3c4ccc5ccccc5c4B4Oc5ccc(-c6ccccc6)cc5-c5cc6c(sc7ccccc76)c3c54)c2)cc1. The van der Waals surface area contributed by atoms with E-state index in [1.807, 2.05) is 11.3 Å². The zero-order valence-electron chi connectivity index (χ0n) is 30.3. The summed E-state index contributed by atoms with van der Waals surface area (Å²) < 4.78 is 9.89. The Labute approximate surface area is 329 Å². The molecule has 0 N–H and O–H groups in total. The van der Waals surface area contributed by atoms with Crippen LogP contribution in [0.5, 0.6) is 5.75 Å². The second-order valence-corrected chi connectivity index (χ2v) is 15.8. The summed E-state index contributed by atoms with van der Waals surface area (Å²) in [5.74, 6) is 0.914. The lowest BCUT2D eigenvalue weighted by molar-refractivity contribution is 0.590. The van der Waals surface area contributed by atoms with Crippen LogP contribution in [0.15, 0.2) is 194 Å². The van der Waals surface area contributed by atoms with Crippen molar-refractivity contribution < 1.29 is 4.65 Å². The highest BCUT2D eigenvalue weighted by atomic mass is 32.1. The molecule has 9 aromatic carbocycles. The molecule has 0 radical (unpaired) electrons. The quantitative estimate of drug-likeness (QED) is 0.167. The van der Waals surface area contributed by atoms with E-state index in [1.54, 1.807) is 0 Å². The van der Waals surface area contributed by atoms with Crippen LogP contribution in [0.1, 0.15) is 0 Å². The van der Waals surface area contributed by atoms with Crippen molar-refractivity contribution in [1.82, 2.24) is 0 Å². The topological polar surface area (TPSA) is 12.5 Å². The molecule has 3 heterocycles. The largest absolute Gasteiger partial charge is 0.551 e. The van der Waals surface area contributed by atoms with Gasteiger partial charge in [-0.05, 0) is 98.2 Å². The van der Waals surface area contributed by atoms with Crippen molar-refractivity contribution in [3.05, 3.63) is 194 Å². The zero-order chi connectivity index (χ0) is 36.7. The van der Waals surface area contributed by atoms with Crippen molar-refractivity contribution in [3.63, 3.8) is 0 Å². The van der Waals surface area contributed by atoms with E-state index in [0.717, 1.165) is 22.7 Å². The van der Waals surface area contributed by atoms with Crippen molar-refractivity contribution in [1.29, 1.82) is 0 Å². The maximum Gasteiger partial charge on any atom is 0.432 e. The molecule has 2 aliphatic rings. The maximum absolute atomic E-state index is 7.34. The number of rotatable bonds is 4. The van der Waals surface area contributed by atoms with Crippen LogP contribution in [0.2, 0.25) is 0 Å². The van der Waals surface area contributed by atoms with Gasteiger partial charge in [0.05, 0.1) is 10.4 Å². The van der Waals surface area contributed by atoms with Gasteiger partial charge >= 0.3 is 6.92 Å². The van der Waals surface area contributed by atoms with Crippen LogP contribution in [0.25, 0.3) is 75.5 Å². The van der Waals surface area contributed by atoms with Gasteiger partial charge in [-0.15, -0.1) is 11.3 Å². The van der Waals surface area contributed by atoms with Gasteiger partial charge in [-0.1, -0.05) is 146 Å². The Morgan fingerprint density at radius 3 is 1.77 bits per heavy atom. The molecular formula is C52H32BNOS. The molecule has 56 heavy (non-hydrogen) atoms. The monoisotopic (exact) mass is 729 g/mol. The molecule has 0 aliphatic carbocycles. The van der Waals surface area contributed by atoms with Crippen LogP contribution < -0.4 is 20.5 Å². The molecule has 0 saturated carbocycles. The summed E-state index contributed by atoms with van der Waals surface area (Å²) in [5.41, 5.74) is 15.3. The van der Waals surface area contributed by atoms with Crippen LogP contribution in [0.3, 0.4) is 0 Å². The minimum absolute atomic E-state index is 0.298. The summed E-state index contributed by atoms with van der Waals surface area (Å²) in [6.07, 6.45) is 0. The average molecular weight is 730 g/mol. The first-order valence-corrected chi connectivity index (χ1v) is 20.0. The lowest BCUT2D eigenvalue weighted by Crippen LogP contribution is -2.56. The highest BCUT2D eigenvalue weighted by Crippen LogP contribution is 2.51. The van der Waals surface area contributed by atoms with Crippen LogP contribution in [-0.4, -0.2) is 6.92 Å². The minimum atomic E-state index is -0.298. The first-order chi connectivity index (χ1) is 27.8. The molecule has 1 aromatic heterocycles. The highest BCUT2D eigenvalue weighted by Gasteiger charge is 2.45. The highest BCUT2D eigenvalue weighted by molar-refractivity contribution is 7.26. The van der Waals surface area contributed by atoms with Gasteiger partial charge in [0.2, 0.25) is 0 Å². The fourth-order valence-electron chi connectivity index (χ4n) is 9.09. The van der Waals surface area contributed by atoms with Gasteiger partial charge in [-0.25, -0.2) is 0 Å². The lowest BCUT2D eigenvalue weighted by atomic mass is 9.48. The van der Waals surface area contributed by atoms with E-state index in [2.05, 4.69) is 199 Å². The molecule has 0 bridgehead atoms. The smallest absolute Gasteiger partial charge is 0.432 e. The second kappa shape index (κ2) is 12.3. The molecule has 0 unspecified atom stereocenters. The molecule has 2 nitrogen and oxygen atoms in total. The van der Waals surface area contributed by atoms with Crippen molar-refractivity contribution >= 4 is 77.2 Å². The van der Waals surface area contributed by atoms with E-state index < -0.39 is 0 Å². The molecule has 0 amide bonds. The number of benzene rings is 9. The molecule has 10 aromatic rings. The van der Waals surface area contributed by atoms with E-state index in [0.29, 0.717) is 0 Å². The van der Waals surface area contributed by atoms with Gasteiger partial charge in [0.15, 0.2) is 0 Å². The van der Waals surface area contributed by atoms with Crippen LogP contribution in [-0.2, 0) is 0 Å². The van der Waals surface area contributed by atoms with Gasteiger partial charge in [-0.2, -0.15) is 0 Å². The Hall–Kier alpha value is -6.88. The van der Waals surface area contributed by atoms with Gasteiger partial charge in [0.25, 0.3) is 0 Å². The fourth-order valence-corrected chi connectivity index (χ4v) is 10.3. The third kappa shape index (κ3) is 4.76. The molecule has 260 valence electrons. The molecule has 4 heteroatoms. The van der Waals surface area contributed by atoms with Gasteiger partial charge in [0.1, 0.15) is 5.75 Å². The molecule has 12 rings (SSSR count). The Balaban J connectivity index is 1.23. The second-order valence-electron chi connectivity index (χ2n) is 14.8. The van der Waals surface area contributed by atoms with E-state index in [9.17, 15) is 0 Å². The Morgan fingerprint density at radius 1 is 0.429 bits per heavy atom. The molecule has 0 atom stereocenters. The van der Waals surface area contributed by atoms with Crippen molar-refractivity contribution in [2.24, 2.45) is 0 Å². The number of fused-ring (bicyclic) bond motifs is 10. The first-order valence-electron chi connectivity index (χ1n) is 19.2. The van der Waals surface area contributed by atoms with Gasteiger partial charge < -0.3 is 9.55 Å². The molecule has 0 fully saturated rings. The standard InChI is InChI=1S/C52H32BNOS/c1-4-14-33(15-5-1)37-25-27-47-43(31-37)44-32-45-42-22-12-13-23-48(42)56-52(45)51-50(44)53(55-47)49-41-21-11-10-20-36(41)24-26-46(49)54(51)40-29-38(34-16-6-2-7-17-34)28-39(30-40)35-18-8-3-9-19-35/h1-32H. The summed E-state index contributed by atoms with van der Waals surface area (Å²) >= 11 is 1.88. The van der Waals surface area contributed by atoms with Crippen molar-refractivity contribution in [2.75, 3.05) is 4.90 Å². The van der Waals surface area contributed by atoms with Crippen LogP contribution in [0.4, 0.5) is 17.1 Å². The molecule has 0 spiro atoms. The normalized spacial score (nSPS) is 12.7. The van der Waals surface area contributed by atoms with E-state index in [1.165, 1.54) is 86.5 Å². The van der Waals surface area contributed by atoms with Gasteiger partial charge in [0, 0.05) is 43.3 Å². The average Bonchev–Trinajstić information content (AvgIpc) is 3.65. The number of hydrogen-bond donors (Lipinski definition) is 0. The number of nitrogens with zero attached hydrogens (tertiary/aromatic N) is 1. The summed E-state index contributed by atoms with van der Waals surface area (Å²) in [6.45, 7) is -0.298. The number of hydrogen-bond acceptors (Lipinski definition) is 3. The third-order valence-electron chi connectivity index (χ3n) is 11.6. The first kappa shape index (κ1) is 31.5. The van der Waals surface area contributed by atoms with Crippen LogP contribution >= 0.6 is 11.3 Å². The summed E-state index contributed by atoms with van der Waals surface area (Å²) in [4.78, 5) is 2.56. The van der Waals surface area contributed by atoms with E-state index in [4.69, 9.17) is 4.65 Å².